The van der Waals surface area contributed by atoms with Gasteiger partial charge in [-0.3, -0.25) is 0 Å². The van der Waals surface area contributed by atoms with E-state index in [1.807, 2.05) is 24.3 Å². The fraction of sp³-hybridized carbons (Fsp3) is 0.235. The van der Waals surface area contributed by atoms with E-state index in [0.29, 0.717) is 6.54 Å². The molecular formula is C17H18N2O. The highest BCUT2D eigenvalue weighted by atomic mass is 16.3. The number of aromatic nitrogens is 2. The minimum Gasteiger partial charge on any atom is -0.395 e. The van der Waals surface area contributed by atoms with Gasteiger partial charge in [-0.25, -0.2) is 4.98 Å². The predicted octanol–water partition coefficient (Wildman–Crippen LogP) is 3.31. The summed E-state index contributed by atoms with van der Waals surface area (Å²) in [6.07, 6.45) is 0. The molecular weight excluding hydrogens is 248 g/mol. The molecule has 3 nitrogen and oxygen atoms in total. The number of para-hydroxylation sites is 2. The summed E-state index contributed by atoms with van der Waals surface area (Å²) in [4.78, 5) is 4.72. The molecule has 0 fully saturated rings. The van der Waals surface area contributed by atoms with Gasteiger partial charge < -0.3 is 9.67 Å². The third-order valence-electron chi connectivity index (χ3n) is 3.74. The molecule has 0 bridgehead atoms. The molecule has 0 spiro atoms. The minimum absolute atomic E-state index is 0.109. The molecule has 0 amide bonds. The molecule has 2 aromatic carbocycles. The van der Waals surface area contributed by atoms with Crippen molar-refractivity contribution in [3.8, 4) is 11.4 Å². The molecule has 0 saturated heterocycles. The molecule has 1 N–H and O–H groups in total. The van der Waals surface area contributed by atoms with Crippen LogP contribution in [0.2, 0.25) is 0 Å². The third kappa shape index (κ3) is 2.10. The van der Waals surface area contributed by atoms with Crippen LogP contribution in [0.1, 0.15) is 11.1 Å². The van der Waals surface area contributed by atoms with Crippen LogP contribution in [0.3, 0.4) is 0 Å². The Bertz CT molecular complexity index is 759. The van der Waals surface area contributed by atoms with E-state index in [0.717, 1.165) is 22.4 Å². The van der Waals surface area contributed by atoms with Crippen molar-refractivity contribution >= 4 is 11.0 Å². The van der Waals surface area contributed by atoms with Crippen molar-refractivity contribution < 1.29 is 5.11 Å². The Kier molecular flexibility index (Phi) is 3.28. The van der Waals surface area contributed by atoms with Crippen LogP contribution in [-0.2, 0) is 6.54 Å². The summed E-state index contributed by atoms with van der Waals surface area (Å²) in [7, 11) is 0. The van der Waals surface area contributed by atoms with Gasteiger partial charge in [0.05, 0.1) is 17.6 Å². The first kappa shape index (κ1) is 12.9. The number of imidazole rings is 1. The molecule has 0 unspecified atom stereocenters. The largest absolute Gasteiger partial charge is 0.395 e. The zero-order valence-electron chi connectivity index (χ0n) is 11.8. The van der Waals surface area contributed by atoms with Crippen molar-refractivity contribution in [2.24, 2.45) is 0 Å². The Morgan fingerprint density at radius 3 is 2.60 bits per heavy atom. The van der Waals surface area contributed by atoms with E-state index in [-0.39, 0.29) is 6.61 Å². The number of hydrogen-bond acceptors (Lipinski definition) is 2. The molecule has 0 aliphatic rings. The smallest absolute Gasteiger partial charge is 0.141 e. The van der Waals surface area contributed by atoms with Gasteiger partial charge in [-0.1, -0.05) is 24.3 Å². The van der Waals surface area contributed by atoms with E-state index >= 15 is 0 Å². The lowest BCUT2D eigenvalue weighted by atomic mass is 10.1. The molecule has 1 heterocycles. The van der Waals surface area contributed by atoms with Gasteiger partial charge in [0, 0.05) is 12.1 Å². The second-order valence-corrected chi connectivity index (χ2v) is 5.10. The normalized spacial score (nSPS) is 11.2. The van der Waals surface area contributed by atoms with Crippen molar-refractivity contribution in [3.05, 3.63) is 53.6 Å². The van der Waals surface area contributed by atoms with Crippen molar-refractivity contribution in [2.75, 3.05) is 6.61 Å². The van der Waals surface area contributed by atoms with Crippen LogP contribution in [0.15, 0.2) is 42.5 Å². The molecule has 0 aliphatic heterocycles. The first-order chi connectivity index (χ1) is 9.70. The Labute approximate surface area is 118 Å². The third-order valence-corrected chi connectivity index (χ3v) is 3.74. The maximum absolute atomic E-state index is 9.32. The van der Waals surface area contributed by atoms with Crippen LogP contribution in [-0.4, -0.2) is 21.3 Å². The monoisotopic (exact) mass is 266 g/mol. The molecule has 102 valence electrons. The fourth-order valence-electron chi connectivity index (χ4n) is 2.50. The standard InChI is InChI=1S/C17H18N2O/c1-12-7-8-14(11-13(12)2)17-18-15-5-3-4-6-16(15)19(17)9-10-20/h3-8,11,20H,9-10H2,1-2H3. The second-order valence-electron chi connectivity index (χ2n) is 5.10. The van der Waals surface area contributed by atoms with Crippen LogP contribution in [0, 0.1) is 13.8 Å². The van der Waals surface area contributed by atoms with E-state index in [1.54, 1.807) is 0 Å². The van der Waals surface area contributed by atoms with Crippen LogP contribution < -0.4 is 0 Å². The van der Waals surface area contributed by atoms with Crippen LogP contribution >= 0.6 is 0 Å². The van der Waals surface area contributed by atoms with Gasteiger partial charge in [-0.05, 0) is 43.2 Å². The zero-order valence-corrected chi connectivity index (χ0v) is 11.8. The first-order valence-corrected chi connectivity index (χ1v) is 6.84. The van der Waals surface area contributed by atoms with Crippen molar-refractivity contribution in [3.63, 3.8) is 0 Å². The fourth-order valence-corrected chi connectivity index (χ4v) is 2.50. The maximum Gasteiger partial charge on any atom is 0.141 e. The Morgan fingerprint density at radius 2 is 1.85 bits per heavy atom. The van der Waals surface area contributed by atoms with Gasteiger partial charge >= 0.3 is 0 Å². The van der Waals surface area contributed by atoms with Crippen molar-refractivity contribution in [1.29, 1.82) is 0 Å². The zero-order chi connectivity index (χ0) is 14.1. The highest BCUT2D eigenvalue weighted by molar-refractivity contribution is 5.80. The first-order valence-electron chi connectivity index (χ1n) is 6.84. The van der Waals surface area contributed by atoms with Crippen LogP contribution in [0.25, 0.3) is 22.4 Å². The summed E-state index contributed by atoms with van der Waals surface area (Å²) in [6, 6.07) is 14.4. The minimum atomic E-state index is 0.109. The topological polar surface area (TPSA) is 38.0 Å². The second kappa shape index (κ2) is 5.10. The summed E-state index contributed by atoms with van der Waals surface area (Å²) >= 11 is 0. The number of fused-ring (bicyclic) bond motifs is 1. The Morgan fingerprint density at radius 1 is 1.05 bits per heavy atom. The average Bonchev–Trinajstić information content (AvgIpc) is 2.82. The Hall–Kier alpha value is -2.13. The molecule has 0 aliphatic carbocycles. The number of rotatable bonds is 3. The quantitative estimate of drug-likeness (QED) is 0.789. The molecule has 3 heteroatoms. The average molecular weight is 266 g/mol. The van der Waals surface area contributed by atoms with Crippen LogP contribution in [0.4, 0.5) is 0 Å². The van der Waals surface area contributed by atoms with Gasteiger partial charge in [0.1, 0.15) is 5.82 Å². The van der Waals surface area contributed by atoms with Gasteiger partial charge in [0.25, 0.3) is 0 Å². The molecule has 20 heavy (non-hydrogen) atoms. The van der Waals surface area contributed by atoms with E-state index in [1.165, 1.54) is 11.1 Å². The lowest BCUT2D eigenvalue weighted by molar-refractivity contribution is 0.278. The summed E-state index contributed by atoms with van der Waals surface area (Å²) in [5.41, 5.74) is 5.66. The molecule has 0 saturated carbocycles. The molecule has 0 atom stereocenters. The summed E-state index contributed by atoms with van der Waals surface area (Å²) in [5.74, 6) is 0.920. The number of aliphatic hydroxyl groups excluding tert-OH is 1. The van der Waals surface area contributed by atoms with E-state index in [9.17, 15) is 5.11 Å². The maximum atomic E-state index is 9.32. The summed E-state index contributed by atoms with van der Waals surface area (Å²) in [6.45, 7) is 4.88. The van der Waals surface area contributed by atoms with Crippen molar-refractivity contribution in [1.82, 2.24) is 9.55 Å². The van der Waals surface area contributed by atoms with Crippen LogP contribution in [0.5, 0.6) is 0 Å². The number of hydrogen-bond donors (Lipinski definition) is 1. The van der Waals surface area contributed by atoms with E-state index in [4.69, 9.17) is 4.98 Å². The molecule has 1 aromatic heterocycles. The van der Waals surface area contributed by atoms with Gasteiger partial charge in [-0.2, -0.15) is 0 Å². The summed E-state index contributed by atoms with van der Waals surface area (Å²) < 4.78 is 2.08. The van der Waals surface area contributed by atoms with Gasteiger partial charge in [0.15, 0.2) is 0 Å². The predicted molar refractivity (Wildman–Crippen MR) is 81.7 cm³/mol. The highest BCUT2D eigenvalue weighted by Gasteiger charge is 2.12. The SMILES string of the molecule is Cc1ccc(-c2nc3ccccc3n2CCO)cc1C. The number of benzene rings is 2. The number of aryl methyl sites for hydroxylation is 2. The number of aliphatic hydroxyl groups is 1. The van der Waals surface area contributed by atoms with Gasteiger partial charge in [0.2, 0.25) is 0 Å². The van der Waals surface area contributed by atoms with Crippen molar-refractivity contribution in [2.45, 2.75) is 20.4 Å². The lowest BCUT2D eigenvalue weighted by Gasteiger charge is -2.09. The molecule has 3 aromatic rings. The lowest BCUT2D eigenvalue weighted by Crippen LogP contribution is -2.04. The van der Waals surface area contributed by atoms with Gasteiger partial charge in [-0.15, -0.1) is 0 Å². The molecule has 3 rings (SSSR count). The number of nitrogens with zero attached hydrogens (tertiary/aromatic N) is 2. The highest BCUT2D eigenvalue weighted by Crippen LogP contribution is 2.26. The molecule has 0 radical (unpaired) electrons. The van der Waals surface area contributed by atoms with E-state index in [2.05, 4.69) is 36.6 Å². The summed E-state index contributed by atoms with van der Waals surface area (Å²) in [5, 5.41) is 9.32. The van der Waals surface area contributed by atoms with E-state index < -0.39 is 0 Å². The Balaban J connectivity index is 2.23.